The monoisotopic (exact) mass is 289 g/mol. The summed E-state index contributed by atoms with van der Waals surface area (Å²) in [7, 11) is 0. The molecule has 0 aromatic heterocycles. The summed E-state index contributed by atoms with van der Waals surface area (Å²) in [5, 5.41) is 3.32. The van der Waals surface area contributed by atoms with Crippen molar-refractivity contribution in [2.45, 2.75) is 18.3 Å². The van der Waals surface area contributed by atoms with Gasteiger partial charge in [-0.05, 0) is 42.7 Å². The Morgan fingerprint density at radius 2 is 1.75 bits per heavy atom. The second-order valence-corrected chi connectivity index (χ2v) is 5.46. The van der Waals surface area contributed by atoms with E-state index in [1.807, 2.05) is 12.1 Å². The van der Waals surface area contributed by atoms with Crippen LogP contribution in [0.15, 0.2) is 48.5 Å². The number of amides is 1. The maximum Gasteiger partial charge on any atom is 0.235 e. The molecular formula is C16H13ClFNO. The van der Waals surface area contributed by atoms with Gasteiger partial charge in [-0.2, -0.15) is 0 Å². The molecule has 0 spiro atoms. The van der Waals surface area contributed by atoms with Crippen LogP contribution in [0.5, 0.6) is 0 Å². The molecule has 0 saturated heterocycles. The van der Waals surface area contributed by atoms with Crippen LogP contribution in [0.3, 0.4) is 0 Å². The molecule has 2 nitrogen and oxygen atoms in total. The van der Waals surface area contributed by atoms with E-state index in [4.69, 9.17) is 11.6 Å². The van der Waals surface area contributed by atoms with Crippen LogP contribution < -0.4 is 5.32 Å². The Balaban J connectivity index is 1.84. The van der Waals surface area contributed by atoms with Crippen LogP contribution in [0.25, 0.3) is 0 Å². The van der Waals surface area contributed by atoms with Crippen molar-refractivity contribution in [2.24, 2.45) is 0 Å². The summed E-state index contributed by atoms with van der Waals surface area (Å²) in [5.74, 6) is -0.585. The van der Waals surface area contributed by atoms with Crippen molar-refractivity contribution in [3.63, 3.8) is 0 Å². The first kappa shape index (κ1) is 13.1. The van der Waals surface area contributed by atoms with Crippen LogP contribution in [0, 0.1) is 5.82 Å². The van der Waals surface area contributed by atoms with Crippen molar-refractivity contribution in [1.29, 1.82) is 0 Å². The molecule has 102 valence electrons. The quantitative estimate of drug-likeness (QED) is 0.903. The first-order chi connectivity index (χ1) is 9.62. The zero-order valence-corrected chi connectivity index (χ0v) is 11.5. The summed E-state index contributed by atoms with van der Waals surface area (Å²) in [6.45, 7) is 0. The predicted molar refractivity (Wildman–Crippen MR) is 77.4 cm³/mol. The van der Waals surface area contributed by atoms with Crippen molar-refractivity contribution < 1.29 is 9.18 Å². The van der Waals surface area contributed by atoms with Gasteiger partial charge in [-0.1, -0.05) is 35.9 Å². The summed E-state index contributed by atoms with van der Waals surface area (Å²) in [4.78, 5) is 12.4. The highest BCUT2D eigenvalue weighted by Gasteiger charge is 2.51. The third-order valence-electron chi connectivity index (χ3n) is 3.70. The van der Waals surface area contributed by atoms with Gasteiger partial charge in [0.2, 0.25) is 5.91 Å². The highest BCUT2D eigenvalue weighted by Crippen LogP contribution is 2.49. The van der Waals surface area contributed by atoms with Gasteiger partial charge in [-0.25, -0.2) is 4.39 Å². The van der Waals surface area contributed by atoms with Crippen LogP contribution in [-0.2, 0) is 10.2 Å². The third-order valence-corrected chi connectivity index (χ3v) is 3.96. The zero-order chi connectivity index (χ0) is 14.2. The highest BCUT2D eigenvalue weighted by atomic mass is 35.5. The number of carbonyl (C=O) groups excluding carboxylic acids is 1. The topological polar surface area (TPSA) is 29.1 Å². The highest BCUT2D eigenvalue weighted by molar-refractivity contribution is 6.30. The number of hydrogen-bond acceptors (Lipinski definition) is 1. The molecule has 1 aliphatic carbocycles. The lowest BCUT2D eigenvalue weighted by molar-refractivity contribution is -0.118. The lowest BCUT2D eigenvalue weighted by atomic mass is 9.95. The zero-order valence-electron chi connectivity index (χ0n) is 10.7. The minimum absolute atomic E-state index is 0.162. The van der Waals surface area contributed by atoms with Crippen molar-refractivity contribution in [1.82, 2.24) is 0 Å². The summed E-state index contributed by atoms with van der Waals surface area (Å²) in [6.07, 6.45) is 1.55. The molecule has 2 aromatic carbocycles. The van der Waals surface area contributed by atoms with E-state index in [1.54, 1.807) is 30.3 Å². The molecule has 1 saturated carbocycles. The maximum absolute atomic E-state index is 13.6. The molecule has 0 bridgehead atoms. The lowest BCUT2D eigenvalue weighted by Gasteiger charge is -2.16. The Bertz CT molecular complexity index is 650. The number of hydrogen-bond donors (Lipinski definition) is 1. The Kier molecular flexibility index (Phi) is 3.22. The van der Waals surface area contributed by atoms with E-state index in [2.05, 4.69) is 5.32 Å². The molecule has 0 aliphatic heterocycles. The van der Waals surface area contributed by atoms with E-state index in [9.17, 15) is 9.18 Å². The molecule has 1 amide bonds. The van der Waals surface area contributed by atoms with E-state index in [-0.39, 0.29) is 11.6 Å². The Hall–Kier alpha value is -1.87. The average molecular weight is 290 g/mol. The normalized spacial score (nSPS) is 15.7. The first-order valence-corrected chi connectivity index (χ1v) is 6.82. The van der Waals surface area contributed by atoms with Gasteiger partial charge in [0.1, 0.15) is 5.82 Å². The number of nitrogens with one attached hydrogen (secondary N) is 1. The Labute approximate surface area is 121 Å². The fourth-order valence-corrected chi connectivity index (χ4v) is 2.47. The number of halogens is 2. The van der Waals surface area contributed by atoms with Crippen LogP contribution in [0.4, 0.5) is 10.1 Å². The van der Waals surface area contributed by atoms with Crippen molar-refractivity contribution in [3.05, 3.63) is 64.9 Å². The fourth-order valence-electron chi connectivity index (χ4n) is 2.35. The average Bonchev–Trinajstić information content (AvgIpc) is 3.24. The van der Waals surface area contributed by atoms with Crippen LogP contribution in [0.2, 0.25) is 5.02 Å². The molecule has 4 heteroatoms. The molecule has 2 aromatic rings. The van der Waals surface area contributed by atoms with Crippen molar-refractivity contribution in [3.8, 4) is 0 Å². The van der Waals surface area contributed by atoms with E-state index < -0.39 is 11.2 Å². The van der Waals surface area contributed by atoms with Crippen molar-refractivity contribution >= 4 is 23.2 Å². The second-order valence-electron chi connectivity index (χ2n) is 5.02. The molecular weight excluding hydrogens is 277 g/mol. The summed E-state index contributed by atoms with van der Waals surface area (Å²) < 4.78 is 13.6. The third kappa shape index (κ3) is 2.29. The minimum Gasteiger partial charge on any atom is -0.323 e. The van der Waals surface area contributed by atoms with Gasteiger partial charge in [0.15, 0.2) is 0 Å². The molecule has 0 radical (unpaired) electrons. The fraction of sp³-hybridized carbons (Fsp3) is 0.188. The molecule has 0 heterocycles. The van der Waals surface area contributed by atoms with E-state index in [1.165, 1.54) is 6.07 Å². The predicted octanol–water partition coefficient (Wildman–Crippen LogP) is 4.15. The number of anilines is 1. The van der Waals surface area contributed by atoms with Gasteiger partial charge in [0.25, 0.3) is 0 Å². The summed E-state index contributed by atoms with van der Waals surface area (Å²) in [5.41, 5.74) is 0.612. The molecule has 1 aliphatic rings. The smallest absolute Gasteiger partial charge is 0.235 e. The van der Waals surface area contributed by atoms with E-state index >= 15 is 0 Å². The van der Waals surface area contributed by atoms with Gasteiger partial charge >= 0.3 is 0 Å². The second kappa shape index (κ2) is 4.91. The van der Waals surface area contributed by atoms with Crippen molar-refractivity contribution in [2.75, 3.05) is 5.32 Å². The molecule has 1 fully saturated rings. The number of rotatable bonds is 3. The van der Waals surface area contributed by atoms with Gasteiger partial charge < -0.3 is 5.32 Å². The maximum atomic E-state index is 13.6. The van der Waals surface area contributed by atoms with Gasteiger partial charge in [-0.3, -0.25) is 4.79 Å². The molecule has 3 rings (SSSR count). The lowest BCUT2D eigenvalue weighted by Crippen LogP contribution is -2.28. The number of para-hydroxylation sites is 1. The molecule has 0 unspecified atom stereocenters. The first-order valence-electron chi connectivity index (χ1n) is 6.44. The van der Waals surface area contributed by atoms with Gasteiger partial charge in [0, 0.05) is 5.02 Å². The van der Waals surface area contributed by atoms with E-state index in [0.717, 1.165) is 18.4 Å². The SMILES string of the molecule is O=C(Nc1ccccc1F)C1(c2ccc(Cl)cc2)CC1. The Morgan fingerprint density at radius 3 is 2.35 bits per heavy atom. The molecule has 1 N–H and O–H groups in total. The van der Waals surface area contributed by atoms with Crippen LogP contribution in [-0.4, -0.2) is 5.91 Å². The molecule has 0 atom stereocenters. The number of benzene rings is 2. The Morgan fingerprint density at radius 1 is 1.10 bits per heavy atom. The van der Waals surface area contributed by atoms with E-state index in [0.29, 0.717) is 5.02 Å². The molecule has 20 heavy (non-hydrogen) atoms. The standard InChI is InChI=1S/C16H13ClFNO/c17-12-7-5-11(6-8-12)16(9-10-16)15(20)19-14-4-2-1-3-13(14)18/h1-8H,9-10H2,(H,19,20). The largest absolute Gasteiger partial charge is 0.323 e. The van der Waals surface area contributed by atoms with Crippen LogP contribution in [0.1, 0.15) is 18.4 Å². The van der Waals surface area contributed by atoms with Crippen LogP contribution >= 0.6 is 11.6 Å². The minimum atomic E-state index is -0.535. The van der Waals surface area contributed by atoms with Gasteiger partial charge in [0.05, 0.1) is 11.1 Å². The summed E-state index contributed by atoms with van der Waals surface area (Å²) in [6, 6.07) is 13.4. The summed E-state index contributed by atoms with van der Waals surface area (Å²) >= 11 is 5.86. The van der Waals surface area contributed by atoms with Gasteiger partial charge in [-0.15, -0.1) is 0 Å². The number of carbonyl (C=O) groups is 1.